The predicted molar refractivity (Wildman–Crippen MR) is 94.8 cm³/mol. The molecule has 0 aliphatic rings. The van der Waals surface area contributed by atoms with Crippen molar-refractivity contribution in [2.24, 2.45) is 7.05 Å². The monoisotopic (exact) mass is 326 g/mol. The topological polar surface area (TPSA) is 34.0 Å². The summed E-state index contributed by atoms with van der Waals surface area (Å²) in [6.45, 7) is 0.615. The molecule has 0 radical (unpaired) electrons. The van der Waals surface area contributed by atoms with Gasteiger partial charge < -0.3 is 9.88 Å². The zero-order valence-corrected chi connectivity index (χ0v) is 13.8. The number of aryl methyl sites for hydroxylation is 1. The number of aromatic nitrogens is 1. The van der Waals surface area contributed by atoms with Gasteiger partial charge in [-0.15, -0.1) is 0 Å². The summed E-state index contributed by atoms with van der Waals surface area (Å²) in [5.74, 6) is 0.0448. The third-order valence-corrected chi connectivity index (χ3v) is 4.19. The van der Waals surface area contributed by atoms with Gasteiger partial charge in [0.15, 0.2) is 0 Å². The summed E-state index contributed by atoms with van der Waals surface area (Å²) in [5.41, 5.74) is 3.33. The molecule has 1 heterocycles. The van der Waals surface area contributed by atoms with Gasteiger partial charge in [-0.3, -0.25) is 4.79 Å². The molecule has 1 amide bonds. The number of amides is 1. The SMILES string of the molecule is Cn1cc(CC(=O)NCCc2cccc(Cl)c2)c2ccccc21. The van der Waals surface area contributed by atoms with Gasteiger partial charge >= 0.3 is 0 Å². The first-order valence-corrected chi connectivity index (χ1v) is 8.05. The number of hydrogen-bond acceptors (Lipinski definition) is 1. The minimum absolute atomic E-state index is 0.0448. The number of halogens is 1. The maximum Gasteiger partial charge on any atom is 0.224 e. The normalized spacial score (nSPS) is 10.9. The lowest BCUT2D eigenvalue weighted by Gasteiger charge is -2.05. The van der Waals surface area contributed by atoms with E-state index in [4.69, 9.17) is 11.6 Å². The first-order valence-electron chi connectivity index (χ1n) is 7.67. The lowest BCUT2D eigenvalue weighted by molar-refractivity contribution is -0.120. The van der Waals surface area contributed by atoms with E-state index < -0.39 is 0 Å². The molecule has 23 heavy (non-hydrogen) atoms. The van der Waals surface area contributed by atoms with Crippen molar-refractivity contribution < 1.29 is 4.79 Å². The molecule has 0 aliphatic carbocycles. The molecule has 3 rings (SSSR count). The molecule has 0 bridgehead atoms. The number of carbonyl (C=O) groups is 1. The van der Waals surface area contributed by atoms with E-state index in [1.807, 2.05) is 49.6 Å². The van der Waals surface area contributed by atoms with Crippen LogP contribution < -0.4 is 5.32 Å². The second kappa shape index (κ2) is 6.88. The van der Waals surface area contributed by atoms with Crippen molar-refractivity contribution in [3.05, 3.63) is 70.9 Å². The molecule has 0 fully saturated rings. The van der Waals surface area contributed by atoms with Gasteiger partial charge in [0.25, 0.3) is 0 Å². The van der Waals surface area contributed by atoms with Crippen LogP contribution in [0.1, 0.15) is 11.1 Å². The highest BCUT2D eigenvalue weighted by Gasteiger charge is 2.10. The van der Waals surface area contributed by atoms with Crippen LogP contribution in [0, 0.1) is 0 Å². The average Bonchev–Trinajstić information content (AvgIpc) is 2.84. The summed E-state index contributed by atoms with van der Waals surface area (Å²) >= 11 is 5.96. The molecule has 1 N–H and O–H groups in total. The maximum absolute atomic E-state index is 12.2. The molecule has 1 aromatic heterocycles. The first-order chi connectivity index (χ1) is 11.1. The van der Waals surface area contributed by atoms with Gasteiger partial charge in [-0.2, -0.15) is 0 Å². The number of hydrogen-bond donors (Lipinski definition) is 1. The second-order valence-electron chi connectivity index (χ2n) is 5.69. The summed E-state index contributed by atoms with van der Waals surface area (Å²) < 4.78 is 2.06. The Bertz CT molecular complexity index is 838. The molecule has 2 aromatic carbocycles. The minimum Gasteiger partial charge on any atom is -0.355 e. The van der Waals surface area contributed by atoms with E-state index in [2.05, 4.69) is 22.0 Å². The van der Waals surface area contributed by atoms with Crippen LogP contribution in [0.2, 0.25) is 5.02 Å². The molecule has 0 saturated heterocycles. The fourth-order valence-electron chi connectivity index (χ4n) is 2.84. The number of para-hydroxylation sites is 1. The Labute approximate surface area is 140 Å². The van der Waals surface area contributed by atoms with E-state index in [1.165, 1.54) is 0 Å². The van der Waals surface area contributed by atoms with Crippen molar-refractivity contribution in [3.8, 4) is 0 Å². The number of nitrogens with one attached hydrogen (secondary N) is 1. The highest BCUT2D eigenvalue weighted by atomic mass is 35.5. The van der Waals surface area contributed by atoms with Crippen molar-refractivity contribution in [3.63, 3.8) is 0 Å². The molecular formula is C19H19ClN2O. The summed E-state index contributed by atoms with van der Waals surface area (Å²) in [6.07, 6.45) is 3.21. The molecule has 3 aromatic rings. The standard InChI is InChI=1S/C19H19ClN2O/c1-22-13-15(17-7-2-3-8-18(17)22)12-19(23)21-10-9-14-5-4-6-16(20)11-14/h2-8,11,13H,9-10,12H2,1H3,(H,21,23). The third-order valence-electron chi connectivity index (χ3n) is 3.96. The molecule has 0 unspecified atom stereocenters. The van der Waals surface area contributed by atoms with Crippen molar-refractivity contribution >= 4 is 28.4 Å². The van der Waals surface area contributed by atoms with Gasteiger partial charge in [-0.25, -0.2) is 0 Å². The van der Waals surface area contributed by atoms with E-state index in [-0.39, 0.29) is 5.91 Å². The van der Waals surface area contributed by atoms with Crippen molar-refractivity contribution in [2.75, 3.05) is 6.54 Å². The molecule has 118 valence electrons. The number of carbonyl (C=O) groups excluding carboxylic acids is 1. The predicted octanol–water partition coefficient (Wildman–Crippen LogP) is 3.73. The van der Waals surface area contributed by atoms with Crippen LogP contribution in [0.25, 0.3) is 10.9 Å². The van der Waals surface area contributed by atoms with Gasteiger partial charge in [0.05, 0.1) is 6.42 Å². The quantitative estimate of drug-likeness (QED) is 0.761. The van der Waals surface area contributed by atoms with E-state index in [0.29, 0.717) is 13.0 Å². The molecule has 4 heteroatoms. The Balaban J connectivity index is 1.59. The summed E-state index contributed by atoms with van der Waals surface area (Å²) in [4.78, 5) is 12.2. The minimum atomic E-state index is 0.0448. The van der Waals surface area contributed by atoms with Crippen molar-refractivity contribution in [2.45, 2.75) is 12.8 Å². The maximum atomic E-state index is 12.2. The molecule has 0 aliphatic heterocycles. The molecule has 0 saturated carbocycles. The summed E-state index contributed by atoms with van der Waals surface area (Å²) in [6, 6.07) is 15.9. The number of fused-ring (bicyclic) bond motifs is 1. The van der Waals surface area contributed by atoms with Crippen LogP contribution in [-0.4, -0.2) is 17.0 Å². The highest BCUT2D eigenvalue weighted by Crippen LogP contribution is 2.20. The van der Waals surface area contributed by atoms with Crippen LogP contribution >= 0.6 is 11.6 Å². The van der Waals surface area contributed by atoms with Crippen LogP contribution in [0.3, 0.4) is 0 Å². The summed E-state index contributed by atoms with van der Waals surface area (Å²) in [7, 11) is 2.00. The molecule has 3 nitrogen and oxygen atoms in total. The van der Waals surface area contributed by atoms with Gasteiger partial charge in [0, 0.05) is 35.7 Å². The number of benzene rings is 2. The highest BCUT2D eigenvalue weighted by molar-refractivity contribution is 6.30. The Hall–Kier alpha value is -2.26. The van der Waals surface area contributed by atoms with E-state index in [9.17, 15) is 4.79 Å². The van der Waals surface area contributed by atoms with Gasteiger partial charge in [-0.1, -0.05) is 41.9 Å². The fourth-order valence-corrected chi connectivity index (χ4v) is 3.05. The van der Waals surface area contributed by atoms with E-state index >= 15 is 0 Å². The Kier molecular flexibility index (Phi) is 4.68. The van der Waals surface area contributed by atoms with Gasteiger partial charge in [0.2, 0.25) is 5.91 Å². The Morgan fingerprint density at radius 2 is 2.00 bits per heavy atom. The average molecular weight is 327 g/mol. The largest absolute Gasteiger partial charge is 0.355 e. The first kappa shape index (κ1) is 15.6. The van der Waals surface area contributed by atoms with Crippen LogP contribution in [0.4, 0.5) is 0 Å². The van der Waals surface area contributed by atoms with E-state index in [1.54, 1.807) is 0 Å². The third kappa shape index (κ3) is 3.74. The lowest BCUT2D eigenvalue weighted by atomic mass is 10.1. The molecule has 0 spiro atoms. The molecular weight excluding hydrogens is 308 g/mol. The van der Waals surface area contributed by atoms with Crippen LogP contribution in [0.15, 0.2) is 54.7 Å². The fraction of sp³-hybridized carbons (Fsp3) is 0.211. The Morgan fingerprint density at radius 3 is 2.83 bits per heavy atom. The number of nitrogens with zero attached hydrogens (tertiary/aromatic N) is 1. The van der Waals surface area contributed by atoms with Crippen molar-refractivity contribution in [1.29, 1.82) is 0 Å². The van der Waals surface area contributed by atoms with Crippen molar-refractivity contribution in [1.82, 2.24) is 9.88 Å². The number of rotatable bonds is 5. The van der Waals surface area contributed by atoms with Crippen LogP contribution in [0.5, 0.6) is 0 Å². The zero-order chi connectivity index (χ0) is 16.2. The Morgan fingerprint density at radius 1 is 1.17 bits per heavy atom. The van der Waals surface area contributed by atoms with Crippen LogP contribution in [-0.2, 0) is 24.7 Å². The smallest absolute Gasteiger partial charge is 0.224 e. The molecule has 0 atom stereocenters. The summed E-state index contributed by atoms with van der Waals surface area (Å²) in [5, 5.41) is 4.85. The van der Waals surface area contributed by atoms with Gasteiger partial charge in [0.1, 0.15) is 0 Å². The van der Waals surface area contributed by atoms with E-state index in [0.717, 1.165) is 33.5 Å². The second-order valence-corrected chi connectivity index (χ2v) is 6.13. The zero-order valence-electron chi connectivity index (χ0n) is 13.1. The van der Waals surface area contributed by atoms with Gasteiger partial charge in [-0.05, 0) is 35.7 Å². The lowest BCUT2D eigenvalue weighted by Crippen LogP contribution is -2.27.